The van der Waals surface area contributed by atoms with Crippen LogP contribution in [0, 0.1) is 11.3 Å². The van der Waals surface area contributed by atoms with E-state index in [9.17, 15) is 5.11 Å². The zero-order chi connectivity index (χ0) is 21.4. The molecule has 0 amide bonds. The van der Waals surface area contributed by atoms with Crippen molar-refractivity contribution in [1.29, 1.82) is 5.41 Å². The van der Waals surface area contributed by atoms with Crippen LogP contribution < -0.4 is 11.1 Å². The minimum Gasteiger partial charge on any atom is -0.507 e. The molecule has 1 aliphatic rings. The summed E-state index contributed by atoms with van der Waals surface area (Å²) >= 11 is 0. The van der Waals surface area contributed by atoms with Crippen LogP contribution in [0.4, 0.5) is 0 Å². The molecule has 1 fully saturated rings. The molecule has 1 unspecified atom stereocenters. The van der Waals surface area contributed by atoms with Gasteiger partial charge in [0.05, 0.1) is 5.71 Å². The summed E-state index contributed by atoms with van der Waals surface area (Å²) in [6.45, 7) is 13.0. The lowest BCUT2D eigenvalue weighted by Crippen LogP contribution is -2.36. The first-order valence-electron chi connectivity index (χ1n) is 9.88. The maximum absolute atomic E-state index is 10.4. The highest BCUT2D eigenvalue weighted by atomic mass is 16.3. The fourth-order valence-corrected chi connectivity index (χ4v) is 3.13. The molecule has 1 aromatic carbocycles. The molecule has 0 bridgehead atoms. The molecule has 0 aromatic heterocycles. The number of aromatic hydroxyl groups is 1. The molecule has 156 valence electrons. The highest BCUT2D eigenvalue weighted by Gasteiger charge is 2.23. The fraction of sp³-hybridized carbons (Fsp3) is 0.409. The predicted octanol–water partition coefficient (Wildman–Crippen LogP) is 2.97. The molecular weight excluding hydrogens is 364 g/mol. The van der Waals surface area contributed by atoms with Gasteiger partial charge in [-0.1, -0.05) is 26.5 Å². The van der Waals surface area contributed by atoms with Gasteiger partial charge in [-0.25, -0.2) is 0 Å². The van der Waals surface area contributed by atoms with Gasteiger partial charge in [-0.15, -0.1) is 10.2 Å². The van der Waals surface area contributed by atoms with Crippen molar-refractivity contribution in [3.63, 3.8) is 0 Å². The minimum atomic E-state index is 0.0365. The van der Waals surface area contributed by atoms with Crippen LogP contribution >= 0.6 is 0 Å². The number of nitrogens with two attached hydrogens (primary N) is 1. The van der Waals surface area contributed by atoms with Gasteiger partial charge in [0.15, 0.2) is 0 Å². The molecular formula is C22H32N6O. The van der Waals surface area contributed by atoms with Crippen molar-refractivity contribution >= 4 is 23.5 Å². The Balaban J connectivity index is 2.12. The molecule has 0 aliphatic carbocycles. The Labute approximate surface area is 173 Å². The Morgan fingerprint density at radius 3 is 2.83 bits per heavy atom. The number of likely N-dealkylation sites (tertiary alicyclic amines) is 1. The van der Waals surface area contributed by atoms with Crippen molar-refractivity contribution in [2.24, 2.45) is 21.9 Å². The molecule has 5 N–H and O–H groups in total. The van der Waals surface area contributed by atoms with Crippen LogP contribution in [-0.4, -0.2) is 53.4 Å². The van der Waals surface area contributed by atoms with Gasteiger partial charge in [-0.2, -0.15) is 0 Å². The Bertz CT molecular complexity index is 825. The summed E-state index contributed by atoms with van der Waals surface area (Å²) in [5, 5.41) is 29.8. The van der Waals surface area contributed by atoms with Crippen LogP contribution in [0.2, 0.25) is 0 Å². The Kier molecular flexibility index (Phi) is 8.15. The van der Waals surface area contributed by atoms with Crippen molar-refractivity contribution in [3.05, 3.63) is 48.1 Å². The largest absolute Gasteiger partial charge is 0.507 e. The lowest BCUT2D eigenvalue weighted by molar-refractivity contribution is 0.449. The number of phenols is 1. The highest BCUT2D eigenvalue weighted by Crippen LogP contribution is 2.23. The van der Waals surface area contributed by atoms with Crippen molar-refractivity contribution in [2.75, 3.05) is 19.6 Å². The molecule has 0 radical (unpaired) electrons. The molecule has 1 heterocycles. The van der Waals surface area contributed by atoms with Crippen LogP contribution in [0.3, 0.4) is 0 Å². The monoisotopic (exact) mass is 396 g/mol. The number of amidine groups is 1. The summed E-state index contributed by atoms with van der Waals surface area (Å²) in [6.07, 6.45) is 5.23. The first-order chi connectivity index (χ1) is 13.8. The lowest BCUT2D eigenvalue weighted by atomic mass is 10.0. The van der Waals surface area contributed by atoms with Gasteiger partial charge >= 0.3 is 0 Å². The van der Waals surface area contributed by atoms with E-state index in [4.69, 9.17) is 11.1 Å². The summed E-state index contributed by atoms with van der Waals surface area (Å²) in [6, 6.07) is 5.51. The van der Waals surface area contributed by atoms with E-state index in [0.29, 0.717) is 34.5 Å². The van der Waals surface area contributed by atoms with E-state index in [1.54, 1.807) is 24.3 Å². The third kappa shape index (κ3) is 6.29. The van der Waals surface area contributed by atoms with Gasteiger partial charge in [0.25, 0.3) is 0 Å². The molecule has 0 saturated carbocycles. The number of nitrogens with zero attached hydrogens (tertiary/aromatic N) is 3. The van der Waals surface area contributed by atoms with Gasteiger partial charge in [0.1, 0.15) is 11.6 Å². The predicted molar refractivity (Wildman–Crippen MR) is 122 cm³/mol. The summed E-state index contributed by atoms with van der Waals surface area (Å²) in [5.41, 5.74) is 7.92. The Morgan fingerprint density at radius 1 is 1.45 bits per heavy atom. The zero-order valence-corrected chi connectivity index (χ0v) is 17.5. The van der Waals surface area contributed by atoms with E-state index in [0.717, 1.165) is 38.1 Å². The number of phenolic OH excluding ortho intramolecular Hbond substituents is 1. The van der Waals surface area contributed by atoms with E-state index < -0.39 is 0 Å². The van der Waals surface area contributed by atoms with E-state index in [1.807, 2.05) is 6.92 Å². The Morgan fingerprint density at radius 2 is 2.21 bits per heavy atom. The van der Waals surface area contributed by atoms with Crippen LogP contribution in [0.25, 0.3) is 5.70 Å². The molecule has 1 aliphatic heterocycles. The summed E-state index contributed by atoms with van der Waals surface area (Å²) in [4.78, 5) is 2.22. The highest BCUT2D eigenvalue weighted by molar-refractivity contribution is 6.10. The van der Waals surface area contributed by atoms with Gasteiger partial charge in [0.2, 0.25) is 0 Å². The molecule has 1 saturated heterocycles. The number of benzene rings is 1. The second kappa shape index (κ2) is 10.6. The number of rotatable bonds is 8. The van der Waals surface area contributed by atoms with Crippen molar-refractivity contribution in [1.82, 2.24) is 10.2 Å². The molecule has 1 atom stereocenters. The first-order valence-corrected chi connectivity index (χ1v) is 9.88. The van der Waals surface area contributed by atoms with E-state index >= 15 is 0 Å². The molecule has 0 spiro atoms. The first kappa shape index (κ1) is 22.4. The number of hydrogen-bond donors (Lipinski definition) is 4. The summed E-state index contributed by atoms with van der Waals surface area (Å²) in [7, 11) is 0. The van der Waals surface area contributed by atoms with E-state index in [-0.39, 0.29) is 5.75 Å². The van der Waals surface area contributed by atoms with Gasteiger partial charge in [-0.05, 0) is 50.1 Å². The average molecular weight is 397 g/mol. The van der Waals surface area contributed by atoms with Gasteiger partial charge < -0.3 is 26.5 Å². The van der Waals surface area contributed by atoms with E-state index in [2.05, 4.69) is 40.8 Å². The van der Waals surface area contributed by atoms with Crippen LogP contribution in [0.1, 0.15) is 38.3 Å². The van der Waals surface area contributed by atoms with Crippen molar-refractivity contribution in [3.8, 4) is 5.75 Å². The molecule has 7 heteroatoms. The van der Waals surface area contributed by atoms with Crippen LogP contribution in [-0.2, 0) is 0 Å². The third-order valence-corrected chi connectivity index (χ3v) is 4.83. The molecule has 1 aromatic rings. The smallest absolute Gasteiger partial charge is 0.125 e. The number of nitrogens with one attached hydrogen (secondary N) is 2. The second-order valence-corrected chi connectivity index (χ2v) is 7.59. The maximum atomic E-state index is 10.4. The van der Waals surface area contributed by atoms with Crippen LogP contribution in [0.5, 0.6) is 5.75 Å². The summed E-state index contributed by atoms with van der Waals surface area (Å²) < 4.78 is 0. The van der Waals surface area contributed by atoms with Crippen molar-refractivity contribution < 1.29 is 5.11 Å². The normalized spacial score (nSPS) is 18.4. The second-order valence-electron chi connectivity index (χ2n) is 7.59. The van der Waals surface area contributed by atoms with Gasteiger partial charge in [0, 0.05) is 42.2 Å². The zero-order valence-electron chi connectivity index (χ0n) is 17.5. The Hall–Kier alpha value is -2.93. The minimum absolute atomic E-state index is 0.0365. The standard InChI is InChI=1S/C22H32N6O/c1-5-21(19-7-6-17(12-22(19)29)20(24)8-10-23)27-26-16(4)28-11-9-18(14-28)25-13-15(2)3/h5-8,10,12,15,18,23,25,29H,1,9,11,13-14,24H2,2-4H3/b20-8-,23-10?,26-16+,27-21+. The average Bonchev–Trinajstić information content (AvgIpc) is 3.17. The maximum Gasteiger partial charge on any atom is 0.125 e. The lowest BCUT2D eigenvalue weighted by Gasteiger charge is -2.18. The van der Waals surface area contributed by atoms with Crippen molar-refractivity contribution in [2.45, 2.75) is 33.2 Å². The SMILES string of the molecule is C=C/C(=N\N=C(/C)N1CCC(NCC(C)C)C1)c1ccc(/C(N)=C/C=N)cc1O. The third-order valence-electron chi connectivity index (χ3n) is 4.83. The number of hydrogen-bond acceptors (Lipinski definition) is 6. The fourth-order valence-electron chi connectivity index (χ4n) is 3.13. The van der Waals surface area contributed by atoms with E-state index in [1.165, 1.54) is 6.08 Å². The molecule has 2 rings (SSSR count). The molecule has 7 nitrogen and oxygen atoms in total. The molecule has 29 heavy (non-hydrogen) atoms. The topological polar surface area (TPSA) is 110 Å². The summed E-state index contributed by atoms with van der Waals surface area (Å²) in [5.74, 6) is 1.51. The quantitative estimate of drug-likeness (QED) is 0.308. The van der Waals surface area contributed by atoms with Crippen LogP contribution in [0.15, 0.2) is 47.1 Å². The number of allylic oxidation sites excluding steroid dienone is 2. The van der Waals surface area contributed by atoms with Gasteiger partial charge in [-0.3, -0.25) is 0 Å².